The van der Waals surface area contributed by atoms with E-state index in [0.29, 0.717) is 5.56 Å². The molecule has 27 heavy (non-hydrogen) atoms. The van der Waals surface area contributed by atoms with Crippen LogP contribution in [-0.4, -0.2) is 33.7 Å². The maximum atomic E-state index is 13.3. The summed E-state index contributed by atoms with van der Waals surface area (Å²) in [5.41, 5.74) is 5.66. The van der Waals surface area contributed by atoms with Gasteiger partial charge in [-0.15, -0.1) is 0 Å². The van der Waals surface area contributed by atoms with Gasteiger partial charge in [-0.2, -0.15) is 5.10 Å². The van der Waals surface area contributed by atoms with E-state index in [1.165, 1.54) is 5.57 Å². The highest BCUT2D eigenvalue weighted by molar-refractivity contribution is 6.00. The Morgan fingerprint density at radius 2 is 1.67 bits per heavy atom. The first kappa shape index (κ1) is 17.3. The van der Waals surface area contributed by atoms with Crippen molar-refractivity contribution in [1.29, 1.82) is 0 Å². The number of benzene rings is 2. The predicted octanol–water partition coefficient (Wildman–Crippen LogP) is 4.64. The zero-order chi connectivity index (χ0) is 18.8. The van der Waals surface area contributed by atoms with Gasteiger partial charge in [-0.3, -0.25) is 4.79 Å². The van der Waals surface area contributed by atoms with Crippen LogP contribution in [0.5, 0.6) is 0 Å². The molecule has 0 radical (unpaired) electrons. The molecule has 0 bridgehead atoms. The normalized spacial score (nSPS) is 14.4. The highest BCUT2D eigenvalue weighted by Crippen LogP contribution is 2.28. The minimum absolute atomic E-state index is 0.0444. The zero-order valence-corrected chi connectivity index (χ0v) is 15.6. The lowest BCUT2D eigenvalue weighted by molar-refractivity contribution is 0.0744. The van der Waals surface area contributed by atoms with Crippen molar-refractivity contribution in [3.8, 4) is 16.9 Å². The Hall–Kier alpha value is -3.14. The lowest BCUT2D eigenvalue weighted by Crippen LogP contribution is -2.36. The molecule has 1 amide bonds. The van der Waals surface area contributed by atoms with E-state index in [1.54, 1.807) is 4.68 Å². The van der Waals surface area contributed by atoms with E-state index in [9.17, 15) is 4.79 Å². The molecule has 1 aliphatic heterocycles. The summed E-state index contributed by atoms with van der Waals surface area (Å²) >= 11 is 0. The molecule has 0 unspecified atom stereocenters. The molecule has 0 aliphatic carbocycles. The molecule has 4 heteroatoms. The predicted molar refractivity (Wildman–Crippen MR) is 108 cm³/mol. The first-order chi connectivity index (χ1) is 13.1. The van der Waals surface area contributed by atoms with Crippen molar-refractivity contribution in [1.82, 2.24) is 14.7 Å². The van der Waals surface area contributed by atoms with E-state index in [2.05, 4.69) is 19.6 Å². The van der Waals surface area contributed by atoms with E-state index in [0.717, 1.165) is 48.4 Å². The Bertz CT molecular complexity index is 978. The number of amides is 1. The smallest absolute Gasteiger partial charge is 0.257 e. The number of rotatable bonds is 3. The van der Waals surface area contributed by atoms with Crippen molar-refractivity contribution in [3.63, 3.8) is 0 Å². The summed E-state index contributed by atoms with van der Waals surface area (Å²) in [6.45, 7) is 7.55. The van der Waals surface area contributed by atoms with E-state index in [4.69, 9.17) is 5.10 Å². The third-order valence-electron chi connectivity index (χ3n) is 5.12. The van der Waals surface area contributed by atoms with Gasteiger partial charge in [0.2, 0.25) is 0 Å². The molecule has 1 aromatic heterocycles. The molecule has 3 aromatic rings. The molecule has 0 N–H and O–H groups in total. The number of hydrogen-bond donors (Lipinski definition) is 0. The minimum Gasteiger partial charge on any atom is -0.338 e. The van der Waals surface area contributed by atoms with Gasteiger partial charge in [-0.05, 0) is 37.5 Å². The quantitative estimate of drug-likeness (QED) is 0.641. The lowest BCUT2D eigenvalue weighted by Gasteiger charge is -2.28. The van der Waals surface area contributed by atoms with E-state index >= 15 is 0 Å². The number of aryl methyl sites for hydroxylation is 1. The van der Waals surface area contributed by atoms with Crippen LogP contribution in [0.2, 0.25) is 0 Å². The minimum atomic E-state index is 0.0444. The molecular weight excluding hydrogens is 334 g/mol. The molecule has 1 saturated heterocycles. The van der Waals surface area contributed by atoms with Crippen LogP contribution in [0.15, 0.2) is 72.9 Å². The molecule has 0 saturated carbocycles. The molecule has 1 aliphatic rings. The van der Waals surface area contributed by atoms with Gasteiger partial charge in [-0.1, -0.05) is 54.6 Å². The molecule has 2 heterocycles. The van der Waals surface area contributed by atoms with E-state index < -0.39 is 0 Å². The van der Waals surface area contributed by atoms with Crippen molar-refractivity contribution in [2.45, 2.75) is 19.8 Å². The average molecular weight is 357 g/mol. The molecule has 1 fully saturated rings. The van der Waals surface area contributed by atoms with Gasteiger partial charge in [0.15, 0.2) is 0 Å². The Labute approximate surface area is 159 Å². The molecule has 136 valence electrons. The van der Waals surface area contributed by atoms with Crippen LogP contribution in [-0.2, 0) is 0 Å². The van der Waals surface area contributed by atoms with Crippen LogP contribution in [0.4, 0.5) is 0 Å². The first-order valence-electron chi connectivity index (χ1n) is 9.30. The zero-order valence-electron chi connectivity index (χ0n) is 15.6. The van der Waals surface area contributed by atoms with E-state index in [-0.39, 0.29) is 5.91 Å². The monoisotopic (exact) mass is 357 g/mol. The van der Waals surface area contributed by atoms with Crippen LogP contribution >= 0.6 is 0 Å². The summed E-state index contributed by atoms with van der Waals surface area (Å²) in [5, 5.41) is 4.79. The summed E-state index contributed by atoms with van der Waals surface area (Å²) in [6, 6.07) is 18.0. The third-order valence-corrected chi connectivity index (χ3v) is 5.12. The summed E-state index contributed by atoms with van der Waals surface area (Å²) < 4.78 is 1.80. The molecule has 2 aromatic carbocycles. The van der Waals surface area contributed by atoms with Crippen molar-refractivity contribution in [2.75, 3.05) is 13.1 Å². The van der Waals surface area contributed by atoms with Crippen LogP contribution in [0, 0.1) is 6.92 Å². The third kappa shape index (κ3) is 3.43. The Balaban J connectivity index is 1.79. The van der Waals surface area contributed by atoms with Crippen molar-refractivity contribution in [3.05, 3.63) is 84.1 Å². The number of hydrogen-bond acceptors (Lipinski definition) is 2. The molecule has 4 rings (SSSR count). The molecule has 4 nitrogen and oxygen atoms in total. The number of likely N-dealkylation sites (tertiary alicyclic amines) is 1. The summed E-state index contributed by atoms with van der Waals surface area (Å²) in [4.78, 5) is 15.2. The molecule has 0 atom stereocenters. The fourth-order valence-corrected chi connectivity index (χ4v) is 3.48. The Morgan fingerprint density at radius 1 is 1.00 bits per heavy atom. The SMILES string of the molecule is C=C1CCN(C(=O)c2cn(-c3ccccc3)nc2-c2ccccc2C)CC1. The van der Waals surface area contributed by atoms with Gasteiger partial charge in [0.05, 0.1) is 11.3 Å². The first-order valence-corrected chi connectivity index (χ1v) is 9.30. The summed E-state index contributed by atoms with van der Waals surface area (Å²) in [5.74, 6) is 0.0444. The van der Waals surface area contributed by atoms with Crippen molar-refractivity contribution in [2.24, 2.45) is 0 Å². The number of aromatic nitrogens is 2. The Kier molecular flexibility index (Phi) is 4.63. The van der Waals surface area contributed by atoms with Gasteiger partial charge in [0, 0.05) is 24.8 Å². The Morgan fingerprint density at radius 3 is 2.37 bits per heavy atom. The largest absolute Gasteiger partial charge is 0.338 e. The van der Waals surface area contributed by atoms with Crippen LogP contribution < -0.4 is 0 Å². The number of carbonyl (C=O) groups is 1. The van der Waals surface area contributed by atoms with Gasteiger partial charge in [0.25, 0.3) is 5.91 Å². The van der Waals surface area contributed by atoms with Gasteiger partial charge < -0.3 is 4.90 Å². The van der Waals surface area contributed by atoms with Gasteiger partial charge in [-0.25, -0.2) is 4.68 Å². The number of piperidine rings is 1. The molecule has 0 spiro atoms. The number of para-hydroxylation sites is 1. The topological polar surface area (TPSA) is 38.1 Å². The molecular formula is C23H23N3O. The van der Waals surface area contributed by atoms with Gasteiger partial charge in [0.1, 0.15) is 5.69 Å². The average Bonchev–Trinajstić information content (AvgIpc) is 3.14. The maximum absolute atomic E-state index is 13.3. The second kappa shape index (κ2) is 7.23. The fourth-order valence-electron chi connectivity index (χ4n) is 3.48. The van der Waals surface area contributed by atoms with Crippen LogP contribution in [0.3, 0.4) is 0 Å². The number of nitrogens with zero attached hydrogens (tertiary/aromatic N) is 3. The van der Waals surface area contributed by atoms with Crippen molar-refractivity contribution >= 4 is 5.91 Å². The fraction of sp³-hybridized carbons (Fsp3) is 0.217. The number of carbonyl (C=O) groups excluding carboxylic acids is 1. The summed E-state index contributed by atoms with van der Waals surface area (Å²) in [7, 11) is 0. The maximum Gasteiger partial charge on any atom is 0.257 e. The highest BCUT2D eigenvalue weighted by atomic mass is 16.2. The van der Waals surface area contributed by atoms with Gasteiger partial charge >= 0.3 is 0 Å². The summed E-state index contributed by atoms with van der Waals surface area (Å²) in [6.07, 6.45) is 3.61. The van der Waals surface area contributed by atoms with Crippen molar-refractivity contribution < 1.29 is 4.79 Å². The second-order valence-corrected chi connectivity index (χ2v) is 7.03. The highest BCUT2D eigenvalue weighted by Gasteiger charge is 2.25. The van der Waals surface area contributed by atoms with Crippen LogP contribution in [0.1, 0.15) is 28.8 Å². The van der Waals surface area contributed by atoms with Crippen LogP contribution in [0.25, 0.3) is 16.9 Å². The standard InChI is InChI=1S/C23H23N3O/c1-17-12-14-25(15-13-17)23(27)21-16-26(19-9-4-3-5-10-19)24-22(21)20-11-7-6-8-18(20)2/h3-11,16H,1,12-15H2,2H3. The second-order valence-electron chi connectivity index (χ2n) is 7.03. The van der Waals surface area contributed by atoms with E-state index in [1.807, 2.05) is 59.6 Å². The lowest BCUT2D eigenvalue weighted by atomic mass is 10.0.